The average molecular weight is 445 g/mol. The number of rotatable bonds is 19. The molecule has 178 valence electrons. The third-order valence-corrected chi connectivity index (χ3v) is 6.16. The van der Waals surface area contributed by atoms with E-state index < -0.39 is 8.32 Å². The standard InChI is InChI=1S/C24H48O5Si/c1-8-9-13-17-23(29-30(5,6)7)22(27-3)20-19-21(26-2)16-14-11-10-12-15-18-24(25)28-4/h19-23H,8-18H2,1-7H3/b20-19+/t21?,22-,23-/m0/s1. The van der Waals surface area contributed by atoms with Crippen LogP contribution in [0.3, 0.4) is 0 Å². The number of esters is 1. The number of unbranched alkanes of at least 4 members (excludes halogenated alkanes) is 6. The van der Waals surface area contributed by atoms with Crippen molar-refractivity contribution in [2.75, 3.05) is 21.3 Å². The molecule has 0 aliphatic heterocycles. The highest BCUT2D eigenvalue weighted by molar-refractivity contribution is 6.69. The third-order valence-electron chi connectivity index (χ3n) is 5.15. The van der Waals surface area contributed by atoms with E-state index in [-0.39, 0.29) is 24.3 Å². The van der Waals surface area contributed by atoms with Gasteiger partial charge in [-0.05, 0) is 38.9 Å². The fourth-order valence-corrected chi connectivity index (χ4v) is 4.63. The first-order valence-electron chi connectivity index (χ1n) is 11.8. The van der Waals surface area contributed by atoms with Crippen LogP contribution in [0, 0.1) is 0 Å². The van der Waals surface area contributed by atoms with Crippen LogP contribution in [0.1, 0.15) is 77.6 Å². The van der Waals surface area contributed by atoms with E-state index in [1.165, 1.54) is 26.4 Å². The van der Waals surface area contributed by atoms with Crippen molar-refractivity contribution in [1.82, 2.24) is 0 Å². The van der Waals surface area contributed by atoms with Gasteiger partial charge in [-0.15, -0.1) is 0 Å². The first kappa shape index (κ1) is 29.3. The summed E-state index contributed by atoms with van der Waals surface area (Å²) in [6, 6.07) is 0. The van der Waals surface area contributed by atoms with Gasteiger partial charge in [0.1, 0.15) is 6.10 Å². The predicted octanol–water partition coefficient (Wildman–Crippen LogP) is 6.28. The Morgan fingerprint density at radius 1 is 0.833 bits per heavy atom. The topological polar surface area (TPSA) is 54.0 Å². The average Bonchev–Trinajstić information content (AvgIpc) is 2.70. The lowest BCUT2D eigenvalue weighted by Crippen LogP contribution is -2.39. The van der Waals surface area contributed by atoms with Crippen molar-refractivity contribution in [3.05, 3.63) is 12.2 Å². The summed E-state index contributed by atoms with van der Waals surface area (Å²) in [6.45, 7) is 8.93. The molecule has 0 fully saturated rings. The van der Waals surface area contributed by atoms with Crippen molar-refractivity contribution in [3.8, 4) is 0 Å². The van der Waals surface area contributed by atoms with Gasteiger partial charge < -0.3 is 18.6 Å². The first-order valence-corrected chi connectivity index (χ1v) is 15.2. The summed E-state index contributed by atoms with van der Waals surface area (Å²) in [5, 5.41) is 0. The van der Waals surface area contributed by atoms with Crippen LogP contribution >= 0.6 is 0 Å². The molecular formula is C24H48O5Si. The molecule has 0 radical (unpaired) electrons. The fraction of sp³-hybridized carbons (Fsp3) is 0.875. The Morgan fingerprint density at radius 2 is 1.47 bits per heavy atom. The molecule has 0 saturated heterocycles. The number of carbonyl (C=O) groups excluding carboxylic acids is 1. The molecule has 0 aromatic rings. The van der Waals surface area contributed by atoms with Crippen molar-refractivity contribution in [2.45, 2.75) is 116 Å². The molecular weight excluding hydrogens is 396 g/mol. The maximum Gasteiger partial charge on any atom is 0.305 e. The fourth-order valence-electron chi connectivity index (χ4n) is 3.47. The monoisotopic (exact) mass is 444 g/mol. The minimum atomic E-state index is -1.64. The van der Waals surface area contributed by atoms with Gasteiger partial charge in [0.25, 0.3) is 0 Å². The minimum Gasteiger partial charge on any atom is -0.469 e. The van der Waals surface area contributed by atoms with E-state index in [9.17, 15) is 4.79 Å². The molecule has 0 heterocycles. The first-order chi connectivity index (χ1) is 14.3. The molecule has 1 unspecified atom stereocenters. The number of carbonyl (C=O) groups is 1. The van der Waals surface area contributed by atoms with Gasteiger partial charge >= 0.3 is 5.97 Å². The van der Waals surface area contributed by atoms with Crippen molar-refractivity contribution in [1.29, 1.82) is 0 Å². The number of ether oxygens (including phenoxy) is 3. The Labute approximate surface area is 187 Å². The van der Waals surface area contributed by atoms with Gasteiger partial charge in [-0.1, -0.05) is 64.0 Å². The normalized spacial score (nSPS) is 15.3. The van der Waals surface area contributed by atoms with Crippen LogP contribution in [-0.4, -0.2) is 53.9 Å². The van der Waals surface area contributed by atoms with E-state index in [2.05, 4.69) is 43.5 Å². The SMILES string of the molecule is CCCCC[C@H](O[Si](C)(C)C)[C@H](/C=C/C(CCCCCCCC(=O)OC)OC)OC. The molecule has 0 aromatic heterocycles. The maximum atomic E-state index is 11.1. The second kappa shape index (κ2) is 17.9. The second-order valence-electron chi connectivity index (χ2n) is 9.01. The zero-order valence-electron chi connectivity index (χ0n) is 20.7. The van der Waals surface area contributed by atoms with Crippen molar-refractivity contribution < 1.29 is 23.4 Å². The van der Waals surface area contributed by atoms with E-state index in [0.717, 1.165) is 44.9 Å². The van der Waals surface area contributed by atoms with Gasteiger partial charge in [0.05, 0.1) is 19.3 Å². The van der Waals surface area contributed by atoms with E-state index in [1.807, 2.05) is 0 Å². The van der Waals surface area contributed by atoms with Crippen molar-refractivity contribution in [3.63, 3.8) is 0 Å². The Kier molecular flexibility index (Phi) is 17.5. The molecule has 0 aromatic carbocycles. The second-order valence-corrected chi connectivity index (χ2v) is 13.5. The van der Waals surface area contributed by atoms with Crippen LogP contribution < -0.4 is 0 Å². The summed E-state index contributed by atoms with van der Waals surface area (Å²) in [5.74, 6) is -0.113. The van der Waals surface area contributed by atoms with Crippen LogP contribution in [0.4, 0.5) is 0 Å². The largest absolute Gasteiger partial charge is 0.469 e. The summed E-state index contributed by atoms with van der Waals surface area (Å²) in [4.78, 5) is 11.1. The number of hydrogen-bond acceptors (Lipinski definition) is 5. The minimum absolute atomic E-state index is 0.0375. The molecule has 3 atom stereocenters. The number of hydrogen-bond donors (Lipinski definition) is 0. The van der Waals surface area contributed by atoms with Crippen LogP contribution in [-0.2, 0) is 23.4 Å². The molecule has 5 nitrogen and oxygen atoms in total. The molecule has 0 amide bonds. The Hall–Kier alpha value is -0.693. The molecule has 6 heteroatoms. The van der Waals surface area contributed by atoms with Crippen LogP contribution in [0.2, 0.25) is 19.6 Å². The lowest BCUT2D eigenvalue weighted by Gasteiger charge is -2.31. The van der Waals surface area contributed by atoms with Crippen LogP contribution in [0.25, 0.3) is 0 Å². The van der Waals surface area contributed by atoms with Crippen LogP contribution in [0.15, 0.2) is 12.2 Å². The zero-order chi connectivity index (χ0) is 22.8. The van der Waals surface area contributed by atoms with E-state index in [1.54, 1.807) is 14.2 Å². The summed E-state index contributed by atoms with van der Waals surface area (Å²) in [5.41, 5.74) is 0. The molecule has 0 N–H and O–H groups in total. The van der Waals surface area contributed by atoms with E-state index in [0.29, 0.717) is 6.42 Å². The summed E-state index contributed by atoms with van der Waals surface area (Å²) in [6.07, 6.45) is 16.0. The maximum absolute atomic E-state index is 11.1. The third kappa shape index (κ3) is 16.1. The summed E-state index contributed by atoms with van der Waals surface area (Å²) in [7, 11) is 3.34. The highest BCUT2D eigenvalue weighted by Crippen LogP contribution is 2.20. The van der Waals surface area contributed by atoms with Gasteiger partial charge in [-0.2, -0.15) is 0 Å². The Bertz CT molecular complexity index is 447. The van der Waals surface area contributed by atoms with Gasteiger partial charge in [0, 0.05) is 20.6 Å². The molecule has 0 aliphatic carbocycles. The van der Waals surface area contributed by atoms with Gasteiger partial charge in [0.15, 0.2) is 8.32 Å². The van der Waals surface area contributed by atoms with Crippen molar-refractivity contribution >= 4 is 14.3 Å². The molecule has 30 heavy (non-hydrogen) atoms. The summed E-state index contributed by atoms with van der Waals surface area (Å²) >= 11 is 0. The van der Waals surface area contributed by atoms with Gasteiger partial charge in [0.2, 0.25) is 0 Å². The Balaban J connectivity index is 4.49. The molecule has 0 saturated carbocycles. The van der Waals surface area contributed by atoms with E-state index >= 15 is 0 Å². The van der Waals surface area contributed by atoms with Gasteiger partial charge in [-0.3, -0.25) is 4.79 Å². The lowest BCUT2D eigenvalue weighted by atomic mass is 10.0. The highest BCUT2D eigenvalue weighted by atomic mass is 28.4. The number of methoxy groups -OCH3 is 3. The quantitative estimate of drug-likeness (QED) is 0.102. The van der Waals surface area contributed by atoms with E-state index in [4.69, 9.17) is 13.9 Å². The van der Waals surface area contributed by atoms with Crippen molar-refractivity contribution in [2.24, 2.45) is 0 Å². The predicted molar refractivity (Wildman–Crippen MR) is 127 cm³/mol. The van der Waals surface area contributed by atoms with Crippen LogP contribution in [0.5, 0.6) is 0 Å². The molecule has 0 aliphatic rings. The molecule has 0 spiro atoms. The summed E-state index contributed by atoms with van der Waals surface area (Å²) < 4.78 is 22.6. The zero-order valence-corrected chi connectivity index (χ0v) is 21.7. The van der Waals surface area contributed by atoms with Gasteiger partial charge in [-0.25, -0.2) is 0 Å². The Morgan fingerprint density at radius 3 is 2.03 bits per heavy atom. The lowest BCUT2D eigenvalue weighted by molar-refractivity contribution is -0.140. The highest BCUT2D eigenvalue weighted by Gasteiger charge is 2.26. The smallest absolute Gasteiger partial charge is 0.305 e. The molecule has 0 bridgehead atoms. The molecule has 0 rings (SSSR count).